The number of rotatable bonds is 9. The first-order chi connectivity index (χ1) is 12.1. The van der Waals surface area contributed by atoms with Crippen LogP contribution in [0.1, 0.15) is 6.42 Å². The molecule has 0 unspecified atom stereocenters. The van der Waals surface area contributed by atoms with E-state index in [2.05, 4.69) is 0 Å². The highest BCUT2D eigenvalue weighted by Gasteiger charge is 2.10. The number of halogens is 1. The number of para-hydroxylation sites is 3. The maximum atomic E-state index is 13.4. The number of carbonyl (C=O) groups is 1. The Kier molecular flexibility index (Phi) is 7.07. The van der Waals surface area contributed by atoms with Gasteiger partial charge in [0.15, 0.2) is 23.1 Å². The van der Waals surface area contributed by atoms with Crippen molar-refractivity contribution in [2.75, 3.05) is 33.9 Å². The van der Waals surface area contributed by atoms with Crippen molar-refractivity contribution in [1.29, 1.82) is 0 Å². The van der Waals surface area contributed by atoms with Gasteiger partial charge in [-0.2, -0.15) is 0 Å². The van der Waals surface area contributed by atoms with Crippen LogP contribution in [0.5, 0.6) is 17.2 Å². The second-order valence-corrected chi connectivity index (χ2v) is 5.34. The van der Waals surface area contributed by atoms with E-state index in [1.54, 1.807) is 44.5 Å². The zero-order valence-corrected chi connectivity index (χ0v) is 14.4. The van der Waals surface area contributed by atoms with Crippen molar-refractivity contribution < 1.29 is 23.4 Å². The van der Waals surface area contributed by atoms with Crippen molar-refractivity contribution in [2.24, 2.45) is 0 Å². The standard InChI is InChI=1S/C19H22FNO4/c1-21(12-14-25-16-8-4-3-7-15(16)20)19(22)11-13-24-18-10-6-5-9-17(18)23-2/h3-10H,11-14H2,1-2H3. The number of carbonyl (C=O) groups excluding carboxylic acids is 1. The van der Waals surface area contributed by atoms with Crippen LogP contribution >= 0.6 is 0 Å². The van der Waals surface area contributed by atoms with E-state index in [9.17, 15) is 9.18 Å². The second-order valence-electron chi connectivity index (χ2n) is 5.34. The van der Waals surface area contributed by atoms with Crippen LogP contribution in [-0.4, -0.2) is 44.7 Å². The minimum atomic E-state index is -0.415. The third-order valence-electron chi connectivity index (χ3n) is 3.59. The highest BCUT2D eigenvalue weighted by molar-refractivity contribution is 5.76. The van der Waals surface area contributed by atoms with Crippen LogP contribution in [0.3, 0.4) is 0 Å². The molecule has 2 aromatic rings. The van der Waals surface area contributed by atoms with E-state index in [0.717, 1.165) is 0 Å². The van der Waals surface area contributed by atoms with E-state index in [0.29, 0.717) is 18.0 Å². The van der Waals surface area contributed by atoms with Gasteiger partial charge in [0.1, 0.15) is 6.61 Å². The summed E-state index contributed by atoms with van der Waals surface area (Å²) in [5, 5.41) is 0. The lowest BCUT2D eigenvalue weighted by molar-refractivity contribution is -0.130. The molecule has 0 heterocycles. The fraction of sp³-hybridized carbons (Fsp3) is 0.316. The van der Waals surface area contributed by atoms with Crippen LogP contribution < -0.4 is 14.2 Å². The molecule has 5 nitrogen and oxygen atoms in total. The molecule has 0 bridgehead atoms. The smallest absolute Gasteiger partial charge is 0.225 e. The maximum absolute atomic E-state index is 13.4. The Balaban J connectivity index is 1.70. The first-order valence-corrected chi connectivity index (χ1v) is 7.99. The number of ether oxygens (including phenoxy) is 3. The molecule has 0 aliphatic rings. The number of hydrogen-bond acceptors (Lipinski definition) is 4. The summed E-state index contributed by atoms with van der Waals surface area (Å²) in [6.45, 7) is 0.829. The molecule has 0 aliphatic carbocycles. The molecule has 6 heteroatoms. The summed E-state index contributed by atoms with van der Waals surface area (Å²) in [5.41, 5.74) is 0. The minimum Gasteiger partial charge on any atom is -0.493 e. The van der Waals surface area contributed by atoms with Crippen molar-refractivity contribution in [3.8, 4) is 17.2 Å². The van der Waals surface area contributed by atoms with E-state index < -0.39 is 5.82 Å². The number of hydrogen-bond donors (Lipinski definition) is 0. The molecule has 25 heavy (non-hydrogen) atoms. The minimum absolute atomic E-state index is 0.0768. The Morgan fingerprint density at radius 2 is 1.56 bits per heavy atom. The lowest BCUT2D eigenvalue weighted by Crippen LogP contribution is -2.31. The van der Waals surface area contributed by atoms with Gasteiger partial charge in [-0.05, 0) is 24.3 Å². The molecule has 1 amide bonds. The quantitative estimate of drug-likeness (QED) is 0.699. The number of amides is 1. The van der Waals surface area contributed by atoms with Crippen LogP contribution in [0.25, 0.3) is 0 Å². The molecule has 0 atom stereocenters. The first kappa shape index (κ1) is 18.6. The largest absolute Gasteiger partial charge is 0.493 e. The van der Waals surface area contributed by atoms with E-state index in [1.807, 2.05) is 12.1 Å². The van der Waals surface area contributed by atoms with E-state index >= 15 is 0 Å². The Morgan fingerprint density at radius 1 is 0.960 bits per heavy atom. The van der Waals surface area contributed by atoms with Gasteiger partial charge in [-0.1, -0.05) is 24.3 Å². The zero-order valence-electron chi connectivity index (χ0n) is 14.4. The normalized spacial score (nSPS) is 10.2. The molecular formula is C19H22FNO4. The summed E-state index contributed by atoms with van der Waals surface area (Å²) in [5.74, 6) is 0.918. The van der Waals surface area contributed by atoms with Gasteiger partial charge in [-0.15, -0.1) is 0 Å². The number of benzene rings is 2. The van der Waals surface area contributed by atoms with Crippen LogP contribution in [0, 0.1) is 5.82 Å². The molecule has 2 rings (SSSR count). The molecule has 0 aliphatic heterocycles. The van der Waals surface area contributed by atoms with Gasteiger partial charge in [0.2, 0.25) is 5.91 Å². The summed E-state index contributed by atoms with van der Waals surface area (Å²) in [4.78, 5) is 13.6. The second kappa shape index (κ2) is 9.52. The molecule has 0 saturated carbocycles. The SMILES string of the molecule is COc1ccccc1OCCC(=O)N(C)CCOc1ccccc1F. The topological polar surface area (TPSA) is 48.0 Å². The van der Waals surface area contributed by atoms with E-state index in [1.165, 1.54) is 11.0 Å². The molecule has 0 saturated heterocycles. The Hall–Kier alpha value is -2.76. The van der Waals surface area contributed by atoms with Gasteiger partial charge in [0.25, 0.3) is 0 Å². The van der Waals surface area contributed by atoms with Gasteiger partial charge in [-0.25, -0.2) is 4.39 Å². The molecule has 0 radical (unpaired) electrons. The van der Waals surface area contributed by atoms with Crippen molar-refractivity contribution in [3.05, 3.63) is 54.3 Å². The van der Waals surface area contributed by atoms with Crippen molar-refractivity contribution in [1.82, 2.24) is 4.90 Å². The molecular weight excluding hydrogens is 325 g/mol. The Labute approximate surface area is 146 Å². The maximum Gasteiger partial charge on any atom is 0.225 e. The van der Waals surface area contributed by atoms with Gasteiger partial charge in [0.05, 0.1) is 26.7 Å². The molecule has 0 aromatic heterocycles. The van der Waals surface area contributed by atoms with Crippen LogP contribution in [-0.2, 0) is 4.79 Å². The third kappa shape index (κ3) is 5.67. The lowest BCUT2D eigenvalue weighted by Gasteiger charge is -2.18. The monoisotopic (exact) mass is 347 g/mol. The summed E-state index contributed by atoms with van der Waals surface area (Å²) < 4.78 is 29.5. The highest BCUT2D eigenvalue weighted by atomic mass is 19.1. The molecule has 0 fully saturated rings. The highest BCUT2D eigenvalue weighted by Crippen LogP contribution is 2.25. The van der Waals surface area contributed by atoms with Crippen molar-refractivity contribution >= 4 is 5.91 Å². The average Bonchev–Trinajstić information content (AvgIpc) is 2.63. The van der Waals surface area contributed by atoms with Crippen LogP contribution in [0.2, 0.25) is 0 Å². The number of methoxy groups -OCH3 is 1. The van der Waals surface area contributed by atoms with Gasteiger partial charge < -0.3 is 19.1 Å². The Bertz CT molecular complexity index is 693. The summed E-state index contributed by atoms with van der Waals surface area (Å²) in [6.07, 6.45) is 0.230. The lowest BCUT2D eigenvalue weighted by atomic mass is 10.3. The first-order valence-electron chi connectivity index (χ1n) is 7.99. The number of likely N-dealkylation sites (N-methyl/N-ethyl adjacent to an activating group) is 1. The zero-order chi connectivity index (χ0) is 18.1. The van der Waals surface area contributed by atoms with Gasteiger partial charge in [-0.3, -0.25) is 4.79 Å². The predicted octanol–water partition coefficient (Wildman–Crippen LogP) is 3.14. The summed E-state index contributed by atoms with van der Waals surface area (Å²) in [7, 11) is 3.24. The fourth-order valence-electron chi connectivity index (χ4n) is 2.16. The van der Waals surface area contributed by atoms with Crippen molar-refractivity contribution in [3.63, 3.8) is 0 Å². The molecule has 0 spiro atoms. The van der Waals surface area contributed by atoms with Crippen LogP contribution in [0.4, 0.5) is 4.39 Å². The summed E-state index contributed by atoms with van der Waals surface area (Å²) in [6, 6.07) is 13.4. The fourth-order valence-corrected chi connectivity index (χ4v) is 2.16. The molecule has 134 valence electrons. The summed E-state index contributed by atoms with van der Waals surface area (Å²) >= 11 is 0. The van der Waals surface area contributed by atoms with Crippen LogP contribution in [0.15, 0.2) is 48.5 Å². The Morgan fingerprint density at radius 3 is 2.24 bits per heavy atom. The van der Waals surface area contributed by atoms with E-state index in [4.69, 9.17) is 14.2 Å². The average molecular weight is 347 g/mol. The predicted molar refractivity (Wildman–Crippen MR) is 92.6 cm³/mol. The third-order valence-corrected chi connectivity index (χ3v) is 3.59. The van der Waals surface area contributed by atoms with E-state index in [-0.39, 0.29) is 31.3 Å². The number of nitrogens with zero attached hydrogens (tertiary/aromatic N) is 1. The van der Waals surface area contributed by atoms with Gasteiger partial charge in [0, 0.05) is 7.05 Å². The molecule has 2 aromatic carbocycles. The van der Waals surface area contributed by atoms with Crippen molar-refractivity contribution in [2.45, 2.75) is 6.42 Å². The molecule has 0 N–H and O–H groups in total. The van der Waals surface area contributed by atoms with Gasteiger partial charge >= 0.3 is 0 Å².